The molecule has 0 spiro atoms. The van der Waals surface area contributed by atoms with Crippen LogP contribution >= 0.6 is 11.6 Å². The summed E-state index contributed by atoms with van der Waals surface area (Å²) in [6.45, 7) is 0.745. The molecule has 0 aromatic heterocycles. The molecule has 2 rings (SSSR count). The highest BCUT2D eigenvalue weighted by Gasteiger charge is 2.18. The van der Waals surface area contributed by atoms with Gasteiger partial charge >= 0.3 is 0 Å². The van der Waals surface area contributed by atoms with E-state index in [4.69, 9.17) is 16.3 Å². The number of ether oxygens (including phenoxy) is 1. The van der Waals surface area contributed by atoms with Crippen LogP contribution in [0.2, 0.25) is 5.02 Å². The maximum absolute atomic E-state index is 12.9. The van der Waals surface area contributed by atoms with E-state index in [0.29, 0.717) is 17.0 Å². The van der Waals surface area contributed by atoms with Gasteiger partial charge in [-0.15, -0.1) is 0 Å². The van der Waals surface area contributed by atoms with Gasteiger partial charge in [0, 0.05) is 24.5 Å². The highest BCUT2D eigenvalue weighted by atomic mass is 35.5. The number of hydrogen-bond acceptors (Lipinski definition) is 2. The standard InChI is InChI=1S/C14H16ClFO2/c15-14-8-11(16)5-4-10(14)7-12(17)9-13-3-1-2-6-18-13/h4-5,8,13H,1-3,6-7,9H2. The van der Waals surface area contributed by atoms with Gasteiger partial charge < -0.3 is 4.74 Å². The van der Waals surface area contributed by atoms with Gasteiger partial charge in [0.05, 0.1) is 6.10 Å². The summed E-state index contributed by atoms with van der Waals surface area (Å²) in [7, 11) is 0. The largest absolute Gasteiger partial charge is 0.378 e. The molecular formula is C14H16ClFO2. The molecule has 1 aliphatic heterocycles. The second-order valence-corrected chi connectivity index (χ2v) is 5.05. The Kier molecular flexibility index (Phi) is 4.72. The van der Waals surface area contributed by atoms with Gasteiger partial charge in [-0.3, -0.25) is 4.79 Å². The lowest BCUT2D eigenvalue weighted by atomic mass is 10.00. The van der Waals surface area contributed by atoms with Crippen molar-refractivity contribution in [2.45, 2.75) is 38.2 Å². The molecule has 1 aliphatic rings. The second kappa shape index (κ2) is 6.30. The first-order valence-electron chi connectivity index (χ1n) is 6.22. The number of halogens is 2. The summed E-state index contributed by atoms with van der Waals surface area (Å²) in [5, 5.41) is 0.313. The monoisotopic (exact) mass is 270 g/mol. The minimum atomic E-state index is -0.383. The van der Waals surface area contributed by atoms with Gasteiger partial charge in [-0.05, 0) is 37.0 Å². The van der Waals surface area contributed by atoms with E-state index in [1.165, 1.54) is 12.1 Å². The lowest BCUT2D eigenvalue weighted by molar-refractivity contribution is -0.122. The number of carbonyl (C=O) groups is 1. The fourth-order valence-corrected chi connectivity index (χ4v) is 2.41. The van der Waals surface area contributed by atoms with Crippen molar-refractivity contribution >= 4 is 17.4 Å². The van der Waals surface area contributed by atoms with Crippen LogP contribution < -0.4 is 0 Å². The van der Waals surface area contributed by atoms with E-state index >= 15 is 0 Å². The lowest BCUT2D eigenvalue weighted by Crippen LogP contribution is -2.23. The van der Waals surface area contributed by atoms with Crippen molar-refractivity contribution in [1.29, 1.82) is 0 Å². The Morgan fingerprint density at radius 3 is 2.94 bits per heavy atom. The zero-order chi connectivity index (χ0) is 13.0. The number of carbonyl (C=O) groups excluding carboxylic acids is 1. The Labute approximate surface area is 111 Å². The fourth-order valence-electron chi connectivity index (χ4n) is 2.17. The summed E-state index contributed by atoms with van der Waals surface area (Å²) in [4.78, 5) is 11.9. The molecule has 1 fully saturated rings. The second-order valence-electron chi connectivity index (χ2n) is 4.64. The van der Waals surface area contributed by atoms with E-state index in [1.54, 1.807) is 6.07 Å². The fraction of sp³-hybridized carbons (Fsp3) is 0.500. The summed E-state index contributed by atoms with van der Waals surface area (Å²) in [6.07, 6.45) is 3.87. The maximum atomic E-state index is 12.9. The molecule has 2 nitrogen and oxygen atoms in total. The molecule has 0 radical (unpaired) electrons. The van der Waals surface area contributed by atoms with Crippen molar-refractivity contribution in [3.05, 3.63) is 34.6 Å². The molecule has 1 aromatic rings. The summed E-state index contributed by atoms with van der Waals surface area (Å²) < 4.78 is 18.4. The van der Waals surface area contributed by atoms with Crippen LogP contribution in [-0.4, -0.2) is 18.5 Å². The van der Waals surface area contributed by atoms with Crippen LogP contribution in [0, 0.1) is 5.82 Å². The number of ketones is 1. The summed E-state index contributed by atoms with van der Waals surface area (Å²) in [5.74, 6) is -0.290. The molecule has 0 bridgehead atoms. The van der Waals surface area contributed by atoms with Crippen LogP contribution in [0.15, 0.2) is 18.2 Å². The topological polar surface area (TPSA) is 26.3 Å². The molecule has 98 valence electrons. The lowest BCUT2D eigenvalue weighted by Gasteiger charge is -2.21. The third-order valence-corrected chi connectivity index (χ3v) is 3.48. The highest BCUT2D eigenvalue weighted by molar-refractivity contribution is 6.31. The van der Waals surface area contributed by atoms with Crippen LogP contribution in [0.5, 0.6) is 0 Å². The van der Waals surface area contributed by atoms with E-state index in [2.05, 4.69) is 0 Å². The van der Waals surface area contributed by atoms with E-state index in [-0.39, 0.29) is 24.1 Å². The Morgan fingerprint density at radius 1 is 1.44 bits per heavy atom. The van der Waals surface area contributed by atoms with Crippen LogP contribution in [0.1, 0.15) is 31.2 Å². The predicted octanol–water partition coefficient (Wildman–Crippen LogP) is 3.55. The van der Waals surface area contributed by atoms with Gasteiger partial charge in [0.1, 0.15) is 11.6 Å². The highest BCUT2D eigenvalue weighted by Crippen LogP contribution is 2.20. The molecule has 1 aromatic carbocycles. The van der Waals surface area contributed by atoms with Crippen LogP contribution in [0.25, 0.3) is 0 Å². The number of benzene rings is 1. The van der Waals surface area contributed by atoms with Crippen molar-refractivity contribution in [1.82, 2.24) is 0 Å². The first-order valence-corrected chi connectivity index (χ1v) is 6.60. The average molecular weight is 271 g/mol. The normalized spacial score (nSPS) is 19.8. The van der Waals surface area contributed by atoms with Gasteiger partial charge in [0.15, 0.2) is 0 Å². The molecule has 1 heterocycles. The van der Waals surface area contributed by atoms with Crippen LogP contribution in [-0.2, 0) is 16.0 Å². The summed E-state index contributed by atoms with van der Waals surface area (Å²) >= 11 is 5.89. The summed E-state index contributed by atoms with van der Waals surface area (Å²) in [6, 6.07) is 4.13. The predicted molar refractivity (Wildman–Crippen MR) is 68.3 cm³/mol. The molecule has 0 saturated carbocycles. The minimum absolute atomic E-state index is 0.0467. The zero-order valence-electron chi connectivity index (χ0n) is 10.1. The third-order valence-electron chi connectivity index (χ3n) is 3.13. The van der Waals surface area contributed by atoms with Gasteiger partial charge in [-0.25, -0.2) is 4.39 Å². The molecule has 0 N–H and O–H groups in total. The van der Waals surface area contributed by atoms with Crippen LogP contribution in [0.4, 0.5) is 4.39 Å². The Balaban J connectivity index is 1.90. The number of hydrogen-bond donors (Lipinski definition) is 0. The molecular weight excluding hydrogens is 255 g/mol. The number of rotatable bonds is 4. The SMILES string of the molecule is O=C(Cc1ccc(F)cc1Cl)CC1CCCCO1. The molecule has 1 atom stereocenters. The molecule has 0 aliphatic carbocycles. The van der Waals surface area contributed by atoms with E-state index in [0.717, 1.165) is 25.9 Å². The quantitative estimate of drug-likeness (QED) is 0.836. The van der Waals surface area contributed by atoms with Gasteiger partial charge in [0.2, 0.25) is 0 Å². The van der Waals surface area contributed by atoms with E-state index in [1.807, 2.05) is 0 Å². The molecule has 18 heavy (non-hydrogen) atoms. The van der Waals surface area contributed by atoms with Gasteiger partial charge in [-0.1, -0.05) is 17.7 Å². The molecule has 1 saturated heterocycles. The minimum Gasteiger partial charge on any atom is -0.378 e. The average Bonchev–Trinajstić information content (AvgIpc) is 2.34. The molecule has 0 amide bonds. The Morgan fingerprint density at radius 2 is 2.28 bits per heavy atom. The zero-order valence-corrected chi connectivity index (χ0v) is 10.9. The first-order chi connectivity index (χ1) is 8.65. The van der Waals surface area contributed by atoms with Crippen LogP contribution in [0.3, 0.4) is 0 Å². The Hall–Kier alpha value is -0.930. The first kappa shape index (κ1) is 13.5. The summed E-state index contributed by atoms with van der Waals surface area (Å²) in [5.41, 5.74) is 0.680. The smallest absolute Gasteiger partial charge is 0.139 e. The molecule has 1 unspecified atom stereocenters. The van der Waals surface area contributed by atoms with Crippen molar-refractivity contribution < 1.29 is 13.9 Å². The van der Waals surface area contributed by atoms with E-state index < -0.39 is 0 Å². The third kappa shape index (κ3) is 3.79. The maximum Gasteiger partial charge on any atom is 0.139 e. The van der Waals surface area contributed by atoms with Gasteiger partial charge in [-0.2, -0.15) is 0 Å². The van der Waals surface area contributed by atoms with Crippen molar-refractivity contribution in [2.75, 3.05) is 6.61 Å². The Bertz CT molecular complexity index is 428. The van der Waals surface area contributed by atoms with Crippen molar-refractivity contribution in [3.63, 3.8) is 0 Å². The van der Waals surface area contributed by atoms with Gasteiger partial charge in [0.25, 0.3) is 0 Å². The van der Waals surface area contributed by atoms with Crippen molar-refractivity contribution in [3.8, 4) is 0 Å². The number of Topliss-reactive ketones (excluding diaryl/α,β-unsaturated/α-hetero) is 1. The van der Waals surface area contributed by atoms with E-state index in [9.17, 15) is 9.18 Å². The molecule has 4 heteroatoms. The van der Waals surface area contributed by atoms with Crippen molar-refractivity contribution in [2.24, 2.45) is 0 Å².